The van der Waals surface area contributed by atoms with Crippen LogP contribution in [0.5, 0.6) is 0 Å². The first kappa shape index (κ1) is 15.2. The average molecular weight is 390 g/mol. The summed E-state index contributed by atoms with van der Waals surface area (Å²) in [6.07, 6.45) is 7.32. The van der Waals surface area contributed by atoms with Crippen LogP contribution in [-0.2, 0) is 16.6 Å². The second-order valence-corrected chi connectivity index (χ2v) is 9.79. The van der Waals surface area contributed by atoms with Gasteiger partial charge in [-0.1, -0.05) is 0 Å². The summed E-state index contributed by atoms with van der Waals surface area (Å²) < 4.78 is 30.0. The first-order valence-corrected chi connectivity index (χ1v) is 9.82. The zero-order valence-electron chi connectivity index (χ0n) is 11.4. The van der Waals surface area contributed by atoms with E-state index in [0.717, 1.165) is 23.2 Å². The maximum absolute atomic E-state index is 12.5. The molecule has 0 spiro atoms. The average Bonchev–Trinajstić information content (AvgIpc) is 3.11. The second kappa shape index (κ2) is 6.20. The van der Waals surface area contributed by atoms with Crippen molar-refractivity contribution in [1.82, 2.24) is 13.9 Å². The number of nitrogens with zero attached hydrogens (tertiary/aromatic N) is 3. The molecule has 0 aromatic carbocycles. The summed E-state index contributed by atoms with van der Waals surface area (Å²) >= 11 is 4.59. The molecular weight excluding hydrogens is 374 g/mol. The molecule has 0 atom stereocenters. The molecule has 0 N–H and O–H groups in total. The Bertz CT molecular complexity index is 689. The van der Waals surface area contributed by atoms with E-state index in [9.17, 15) is 8.42 Å². The Hall–Kier alpha value is -0.700. The third-order valence-corrected chi connectivity index (χ3v) is 7.73. The van der Waals surface area contributed by atoms with Gasteiger partial charge in [-0.15, -0.1) is 11.3 Å². The highest BCUT2D eigenvalue weighted by molar-refractivity contribution is 9.11. The Labute approximate surface area is 136 Å². The monoisotopic (exact) mass is 389 g/mol. The van der Waals surface area contributed by atoms with Crippen molar-refractivity contribution in [2.75, 3.05) is 13.1 Å². The largest absolute Gasteiger partial charge is 0.337 e. The molecule has 1 aliphatic rings. The van der Waals surface area contributed by atoms with Crippen molar-refractivity contribution in [3.63, 3.8) is 0 Å². The number of piperidine rings is 1. The quantitative estimate of drug-likeness (QED) is 0.807. The Kier molecular flexibility index (Phi) is 4.49. The summed E-state index contributed by atoms with van der Waals surface area (Å²) in [5.41, 5.74) is 0. The third kappa shape index (κ3) is 3.39. The number of imidazole rings is 1. The van der Waals surface area contributed by atoms with Crippen molar-refractivity contribution in [2.24, 2.45) is 5.92 Å². The highest BCUT2D eigenvalue weighted by Gasteiger charge is 2.30. The summed E-state index contributed by atoms with van der Waals surface area (Å²) in [7, 11) is -3.32. The highest BCUT2D eigenvalue weighted by atomic mass is 79.9. The lowest BCUT2D eigenvalue weighted by Gasteiger charge is -2.30. The molecule has 2 aromatic heterocycles. The van der Waals surface area contributed by atoms with Crippen LogP contribution in [0.1, 0.15) is 12.8 Å². The standard InChI is InChI=1S/C13H16BrN3O2S2/c14-12-1-2-13(20-12)21(18,19)17-6-3-11(4-7-17)9-16-8-5-15-10-16/h1-2,5,8,10-11H,3-4,6-7,9H2. The van der Waals surface area contributed by atoms with Crippen molar-refractivity contribution in [3.8, 4) is 0 Å². The van der Waals surface area contributed by atoms with E-state index in [-0.39, 0.29) is 0 Å². The summed E-state index contributed by atoms with van der Waals surface area (Å²) in [4.78, 5) is 4.04. The van der Waals surface area contributed by atoms with Gasteiger partial charge in [-0.25, -0.2) is 13.4 Å². The molecule has 1 fully saturated rings. The van der Waals surface area contributed by atoms with Crippen LogP contribution in [0.3, 0.4) is 0 Å². The zero-order valence-corrected chi connectivity index (χ0v) is 14.6. The van der Waals surface area contributed by atoms with Gasteiger partial charge in [-0.3, -0.25) is 0 Å². The smallest absolute Gasteiger partial charge is 0.252 e. The molecule has 0 amide bonds. The van der Waals surface area contributed by atoms with Crippen molar-refractivity contribution < 1.29 is 8.42 Å². The predicted octanol–water partition coefficient (Wildman–Crippen LogP) is 2.81. The molecule has 8 heteroatoms. The van der Waals surface area contributed by atoms with Gasteiger partial charge in [0, 0.05) is 32.0 Å². The number of hydrogen-bond acceptors (Lipinski definition) is 4. The van der Waals surface area contributed by atoms with Gasteiger partial charge in [0.2, 0.25) is 0 Å². The van der Waals surface area contributed by atoms with Gasteiger partial charge in [-0.2, -0.15) is 4.31 Å². The fourth-order valence-corrected chi connectivity index (χ4v) is 6.22. The number of aromatic nitrogens is 2. The molecule has 21 heavy (non-hydrogen) atoms. The van der Waals surface area contributed by atoms with E-state index in [4.69, 9.17) is 0 Å². The van der Waals surface area contributed by atoms with Gasteiger partial charge in [0.05, 0.1) is 10.1 Å². The van der Waals surface area contributed by atoms with E-state index in [1.54, 1.807) is 22.6 Å². The van der Waals surface area contributed by atoms with Crippen molar-refractivity contribution >= 4 is 37.3 Å². The number of sulfonamides is 1. The molecule has 5 nitrogen and oxygen atoms in total. The van der Waals surface area contributed by atoms with E-state index in [0.29, 0.717) is 23.2 Å². The van der Waals surface area contributed by atoms with E-state index < -0.39 is 10.0 Å². The first-order chi connectivity index (χ1) is 10.1. The number of halogens is 1. The van der Waals surface area contributed by atoms with Gasteiger partial charge in [0.1, 0.15) is 4.21 Å². The summed E-state index contributed by atoms with van der Waals surface area (Å²) in [5.74, 6) is 0.515. The molecule has 2 aromatic rings. The topological polar surface area (TPSA) is 55.2 Å². The van der Waals surface area contributed by atoms with Gasteiger partial charge >= 0.3 is 0 Å². The molecule has 0 unspecified atom stereocenters. The van der Waals surface area contributed by atoms with Crippen LogP contribution >= 0.6 is 27.3 Å². The first-order valence-electron chi connectivity index (χ1n) is 6.77. The number of thiophene rings is 1. The second-order valence-electron chi connectivity index (χ2n) is 5.17. The van der Waals surface area contributed by atoms with E-state index in [2.05, 4.69) is 25.5 Å². The van der Waals surface area contributed by atoms with E-state index in [1.165, 1.54) is 11.3 Å². The Morgan fingerprint density at radius 3 is 2.67 bits per heavy atom. The van der Waals surface area contributed by atoms with Gasteiger partial charge in [0.25, 0.3) is 10.0 Å². The zero-order chi connectivity index (χ0) is 14.9. The summed E-state index contributed by atoms with van der Waals surface area (Å²) in [6, 6.07) is 3.45. The van der Waals surface area contributed by atoms with Gasteiger partial charge < -0.3 is 4.57 Å². The Morgan fingerprint density at radius 2 is 2.10 bits per heavy atom. The molecule has 0 bridgehead atoms. The van der Waals surface area contributed by atoms with E-state index in [1.807, 2.05) is 12.5 Å². The fourth-order valence-electron chi connectivity index (χ4n) is 2.59. The normalized spacial score (nSPS) is 18.1. The Balaban J connectivity index is 1.63. The lowest BCUT2D eigenvalue weighted by atomic mass is 9.98. The van der Waals surface area contributed by atoms with Crippen molar-refractivity contribution in [3.05, 3.63) is 34.6 Å². The minimum atomic E-state index is -3.32. The predicted molar refractivity (Wildman–Crippen MR) is 85.7 cm³/mol. The molecule has 1 saturated heterocycles. The van der Waals surface area contributed by atoms with Crippen LogP contribution in [0, 0.1) is 5.92 Å². The van der Waals surface area contributed by atoms with Crippen LogP contribution in [0.25, 0.3) is 0 Å². The maximum atomic E-state index is 12.5. The van der Waals surface area contributed by atoms with Crippen LogP contribution < -0.4 is 0 Å². The maximum Gasteiger partial charge on any atom is 0.252 e. The van der Waals surface area contributed by atoms with Crippen LogP contribution in [0.15, 0.2) is 38.8 Å². The Morgan fingerprint density at radius 1 is 1.33 bits per heavy atom. The van der Waals surface area contributed by atoms with Crippen LogP contribution in [0.2, 0.25) is 0 Å². The fraction of sp³-hybridized carbons (Fsp3) is 0.462. The molecule has 3 rings (SSSR count). The molecule has 3 heterocycles. The van der Waals surface area contributed by atoms with E-state index >= 15 is 0 Å². The molecule has 0 saturated carbocycles. The minimum absolute atomic E-state index is 0.419. The number of rotatable bonds is 4. The van der Waals surface area contributed by atoms with Crippen molar-refractivity contribution in [2.45, 2.75) is 23.6 Å². The number of hydrogen-bond donors (Lipinski definition) is 0. The minimum Gasteiger partial charge on any atom is -0.337 e. The van der Waals surface area contributed by atoms with Gasteiger partial charge in [-0.05, 0) is 46.8 Å². The third-order valence-electron chi connectivity index (χ3n) is 3.74. The SMILES string of the molecule is O=S(=O)(c1ccc(Br)s1)N1CCC(Cn2ccnc2)CC1. The lowest BCUT2D eigenvalue weighted by Crippen LogP contribution is -2.38. The lowest BCUT2D eigenvalue weighted by molar-refractivity contribution is 0.253. The molecular formula is C13H16BrN3O2S2. The summed E-state index contributed by atoms with van der Waals surface area (Å²) in [6.45, 7) is 2.10. The summed E-state index contributed by atoms with van der Waals surface area (Å²) in [5, 5.41) is 0. The van der Waals surface area contributed by atoms with Crippen LogP contribution in [0.4, 0.5) is 0 Å². The van der Waals surface area contributed by atoms with Gasteiger partial charge in [0.15, 0.2) is 0 Å². The molecule has 0 radical (unpaired) electrons. The molecule has 114 valence electrons. The molecule has 0 aliphatic carbocycles. The highest BCUT2D eigenvalue weighted by Crippen LogP contribution is 2.31. The molecule has 1 aliphatic heterocycles. The van der Waals surface area contributed by atoms with Crippen LogP contribution in [-0.4, -0.2) is 35.4 Å². The van der Waals surface area contributed by atoms with Crippen molar-refractivity contribution in [1.29, 1.82) is 0 Å².